The first kappa shape index (κ1) is 19.0. The molecule has 1 aromatic carbocycles. The molecule has 10 heteroatoms. The smallest absolute Gasteiger partial charge is 0.378 e. The molecule has 0 spiro atoms. The van der Waals surface area contributed by atoms with Gasteiger partial charge in [0.05, 0.1) is 0 Å². The summed E-state index contributed by atoms with van der Waals surface area (Å²) in [5, 5.41) is 8.63. The van der Waals surface area contributed by atoms with E-state index in [4.69, 9.17) is 4.74 Å². The third-order valence-electron chi connectivity index (χ3n) is 3.83. The number of anilines is 1. The van der Waals surface area contributed by atoms with E-state index in [1.807, 2.05) is 26.0 Å². The molecule has 0 bridgehead atoms. The van der Waals surface area contributed by atoms with Crippen LogP contribution in [-0.2, 0) is 9.53 Å². The van der Waals surface area contributed by atoms with Crippen LogP contribution in [0, 0.1) is 20.8 Å². The predicted molar refractivity (Wildman–Crippen MR) is 98.9 cm³/mol. The van der Waals surface area contributed by atoms with Gasteiger partial charge in [0.15, 0.2) is 6.61 Å². The number of fused-ring (bicyclic) bond motifs is 1. The zero-order valence-electron chi connectivity index (χ0n) is 15.5. The summed E-state index contributed by atoms with van der Waals surface area (Å²) in [4.78, 5) is 43.7. The van der Waals surface area contributed by atoms with E-state index in [9.17, 15) is 14.4 Å². The molecule has 0 aliphatic rings. The first-order valence-corrected chi connectivity index (χ1v) is 8.37. The number of urea groups is 1. The second-order valence-corrected chi connectivity index (χ2v) is 6.13. The number of nitrogens with zero attached hydrogens (tertiary/aromatic N) is 4. The van der Waals surface area contributed by atoms with Crippen molar-refractivity contribution < 1.29 is 19.1 Å². The van der Waals surface area contributed by atoms with E-state index in [1.165, 1.54) is 10.7 Å². The number of imide groups is 1. The number of carbonyl (C=O) groups excluding carboxylic acids is 3. The molecule has 0 aliphatic heterocycles. The van der Waals surface area contributed by atoms with E-state index in [0.717, 1.165) is 16.8 Å². The van der Waals surface area contributed by atoms with Crippen LogP contribution < -0.4 is 10.6 Å². The van der Waals surface area contributed by atoms with E-state index < -0.39 is 24.5 Å². The Morgan fingerprint density at radius 1 is 1.14 bits per heavy atom. The summed E-state index contributed by atoms with van der Waals surface area (Å²) in [5.41, 5.74) is 3.22. The molecular formula is C18H18N6O4. The van der Waals surface area contributed by atoms with Gasteiger partial charge in [-0.3, -0.25) is 10.1 Å². The van der Waals surface area contributed by atoms with Crippen molar-refractivity contribution in [1.82, 2.24) is 24.9 Å². The molecule has 3 amide bonds. The summed E-state index contributed by atoms with van der Waals surface area (Å²) in [6.45, 7) is 4.90. The number of esters is 1. The Morgan fingerprint density at radius 2 is 1.93 bits per heavy atom. The fourth-order valence-electron chi connectivity index (χ4n) is 2.46. The van der Waals surface area contributed by atoms with Crippen molar-refractivity contribution in [2.45, 2.75) is 20.8 Å². The summed E-state index contributed by atoms with van der Waals surface area (Å²) >= 11 is 0. The summed E-state index contributed by atoms with van der Waals surface area (Å²) < 4.78 is 6.24. The number of aromatic nitrogens is 4. The van der Waals surface area contributed by atoms with Gasteiger partial charge in [-0.05, 0) is 38.5 Å². The highest BCUT2D eigenvalue weighted by Crippen LogP contribution is 2.15. The monoisotopic (exact) mass is 382 g/mol. The lowest BCUT2D eigenvalue weighted by Gasteiger charge is -2.09. The largest absolute Gasteiger partial charge is 0.450 e. The molecular weight excluding hydrogens is 364 g/mol. The maximum Gasteiger partial charge on any atom is 0.378 e. The van der Waals surface area contributed by atoms with Crippen molar-refractivity contribution in [3.8, 4) is 0 Å². The zero-order valence-corrected chi connectivity index (χ0v) is 15.5. The molecule has 2 heterocycles. The molecule has 0 unspecified atom stereocenters. The van der Waals surface area contributed by atoms with E-state index >= 15 is 0 Å². The van der Waals surface area contributed by atoms with Gasteiger partial charge >= 0.3 is 12.0 Å². The normalized spacial score (nSPS) is 10.5. The van der Waals surface area contributed by atoms with E-state index in [0.29, 0.717) is 5.69 Å². The first-order valence-electron chi connectivity index (χ1n) is 8.37. The number of rotatable bonds is 4. The molecule has 2 N–H and O–H groups in total. The summed E-state index contributed by atoms with van der Waals surface area (Å²) in [7, 11) is 0. The topological polar surface area (TPSA) is 128 Å². The van der Waals surface area contributed by atoms with Crippen LogP contribution in [0.3, 0.4) is 0 Å². The lowest BCUT2D eigenvalue weighted by molar-refractivity contribution is -0.123. The molecule has 0 saturated heterocycles. The SMILES string of the molecule is Cc1ccc(NC(=O)NC(=O)COC(=O)c2nc3nccc(C)n3n2)c(C)c1. The Labute approximate surface area is 159 Å². The van der Waals surface area contributed by atoms with Crippen molar-refractivity contribution in [3.63, 3.8) is 0 Å². The molecule has 3 aromatic rings. The number of amides is 3. The molecule has 10 nitrogen and oxygen atoms in total. The predicted octanol–water partition coefficient (Wildman–Crippen LogP) is 1.55. The number of nitrogens with one attached hydrogen (secondary N) is 2. The molecule has 0 aliphatic carbocycles. The average Bonchev–Trinajstić information content (AvgIpc) is 3.08. The fourth-order valence-corrected chi connectivity index (χ4v) is 2.46. The van der Waals surface area contributed by atoms with Gasteiger partial charge in [0, 0.05) is 17.6 Å². The Hall–Kier alpha value is -3.82. The minimum absolute atomic E-state index is 0.227. The highest BCUT2D eigenvalue weighted by molar-refractivity contribution is 6.02. The number of aryl methyl sites for hydroxylation is 3. The van der Waals surface area contributed by atoms with Gasteiger partial charge in [0.25, 0.3) is 17.5 Å². The minimum atomic E-state index is -0.894. The van der Waals surface area contributed by atoms with E-state index in [2.05, 4.69) is 25.7 Å². The molecule has 2 aromatic heterocycles. The molecule has 0 saturated carbocycles. The van der Waals surface area contributed by atoms with Gasteiger partial charge in [-0.1, -0.05) is 17.7 Å². The number of ether oxygens (including phenoxy) is 1. The van der Waals surface area contributed by atoms with E-state index in [1.54, 1.807) is 19.1 Å². The van der Waals surface area contributed by atoms with Crippen LogP contribution in [0.5, 0.6) is 0 Å². The van der Waals surface area contributed by atoms with Gasteiger partial charge in [0.2, 0.25) is 0 Å². The molecule has 0 atom stereocenters. The van der Waals surface area contributed by atoms with Crippen LogP contribution in [0.4, 0.5) is 10.5 Å². The zero-order chi connectivity index (χ0) is 20.3. The number of hydrogen-bond donors (Lipinski definition) is 2. The lowest BCUT2D eigenvalue weighted by atomic mass is 10.1. The first-order chi connectivity index (χ1) is 13.3. The molecule has 0 fully saturated rings. The fraction of sp³-hybridized carbons (Fsp3) is 0.222. The van der Waals surface area contributed by atoms with E-state index in [-0.39, 0.29) is 11.6 Å². The number of benzene rings is 1. The summed E-state index contributed by atoms with van der Waals surface area (Å²) in [6, 6.07) is 6.46. The minimum Gasteiger partial charge on any atom is -0.450 e. The quantitative estimate of drug-likeness (QED) is 0.655. The maximum atomic E-state index is 12.0. The average molecular weight is 382 g/mol. The molecule has 3 rings (SSSR count). The summed E-state index contributed by atoms with van der Waals surface area (Å²) in [6.07, 6.45) is 1.54. The Kier molecular flexibility index (Phi) is 5.30. The highest BCUT2D eigenvalue weighted by Gasteiger charge is 2.18. The van der Waals surface area contributed by atoms with Gasteiger partial charge in [-0.15, -0.1) is 5.10 Å². The Balaban J connectivity index is 1.53. The third kappa shape index (κ3) is 4.29. The Morgan fingerprint density at radius 3 is 2.64 bits per heavy atom. The lowest BCUT2D eigenvalue weighted by Crippen LogP contribution is -2.37. The number of carbonyl (C=O) groups is 3. The van der Waals surface area contributed by atoms with Crippen LogP contribution in [0.1, 0.15) is 27.4 Å². The van der Waals surface area contributed by atoms with Gasteiger partial charge < -0.3 is 10.1 Å². The Bertz CT molecular complexity index is 1080. The number of hydrogen-bond acceptors (Lipinski definition) is 7. The van der Waals surface area contributed by atoms with Crippen LogP contribution >= 0.6 is 0 Å². The van der Waals surface area contributed by atoms with Gasteiger partial charge in [-0.2, -0.15) is 4.98 Å². The standard InChI is InChI=1S/C18H18N6O4/c1-10-4-5-13(11(2)8-10)20-18(27)21-14(25)9-28-16(26)15-22-17-19-7-6-12(3)24(17)23-15/h4-8H,9H2,1-3H3,(H2,20,21,25,27). The van der Waals surface area contributed by atoms with Crippen molar-refractivity contribution in [1.29, 1.82) is 0 Å². The molecule has 0 radical (unpaired) electrons. The van der Waals surface area contributed by atoms with Crippen LogP contribution in [0.2, 0.25) is 0 Å². The molecule has 144 valence electrons. The van der Waals surface area contributed by atoms with Gasteiger partial charge in [-0.25, -0.2) is 19.1 Å². The van der Waals surface area contributed by atoms with Gasteiger partial charge in [0.1, 0.15) is 0 Å². The van der Waals surface area contributed by atoms with Crippen LogP contribution in [0.25, 0.3) is 5.78 Å². The highest BCUT2D eigenvalue weighted by atomic mass is 16.5. The third-order valence-corrected chi connectivity index (χ3v) is 3.83. The van der Waals surface area contributed by atoms with Crippen LogP contribution in [0.15, 0.2) is 30.5 Å². The van der Waals surface area contributed by atoms with Crippen molar-refractivity contribution >= 4 is 29.4 Å². The van der Waals surface area contributed by atoms with Crippen LogP contribution in [-0.4, -0.2) is 44.1 Å². The van der Waals surface area contributed by atoms with Crippen molar-refractivity contribution in [2.24, 2.45) is 0 Å². The van der Waals surface area contributed by atoms with Crippen molar-refractivity contribution in [3.05, 3.63) is 53.1 Å². The second-order valence-electron chi connectivity index (χ2n) is 6.13. The summed E-state index contributed by atoms with van der Waals surface area (Å²) in [5.74, 6) is -1.66. The second kappa shape index (κ2) is 7.82. The molecule has 28 heavy (non-hydrogen) atoms. The van der Waals surface area contributed by atoms with Crippen molar-refractivity contribution in [2.75, 3.05) is 11.9 Å². The maximum absolute atomic E-state index is 12.0.